The Hall–Kier alpha value is -1.82. The third-order valence-electron chi connectivity index (χ3n) is 2.84. The monoisotopic (exact) mass is 274 g/mol. The highest BCUT2D eigenvalue weighted by Crippen LogP contribution is 2.29. The van der Waals surface area contributed by atoms with Crippen molar-refractivity contribution in [1.82, 2.24) is 14.9 Å². The van der Waals surface area contributed by atoms with Crippen LogP contribution in [0.4, 0.5) is 0 Å². The third-order valence-corrected chi connectivity index (χ3v) is 3.90. The second-order valence-electron chi connectivity index (χ2n) is 4.16. The lowest BCUT2D eigenvalue weighted by molar-refractivity contribution is 0.340. The zero-order chi connectivity index (χ0) is 13.2. The number of ether oxygens (including phenoxy) is 1. The van der Waals surface area contributed by atoms with E-state index in [4.69, 9.17) is 4.74 Å². The molecular formula is C13H14N4OS. The quantitative estimate of drug-likeness (QED) is 0.862. The number of fused-ring (bicyclic) bond motifs is 1. The second kappa shape index (κ2) is 5.05. The van der Waals surface area contributed by atoms with Gasteiger partial charge in [-0.1, -0.05) is 11.8 Å². The molecule has 1 aromatic heterocycles. The lowest BCUT2D eigenvalue weighted by atomic mass is 10.1. The Morgan fingerprint density at radius 1 is 1.32 bits per heavy atom. The van der Waals surface area contributed by atoms with Gasteiger partial charge in [0.2, 0.25) is 5.16 Å². The highest BCUT2D eigenvalue weighted by atomic mass is 32.2. The van der Waals surface area contributed by atoms with Gasteiger partial charge in [0.05, 0.1) is 17.6 Å². The highest BCUT2D eigenvalue weighted by Gasteiger charge is 2.22. The van der Waals surface area contributed by atoms with Gasteiger partial charge in [0.25, 0.3) is 0 Å². The van der Waals surface area contributed by atoms with Crippen molar-refractivity contribution in [2.45, 2.75) is 24.3 Å². The third kappa shape index (κ3) is 2.35. The molecule has 1 aromatic carbocycles. The Balaban J connectivity index is 1.93. The molecule has 5 nitrogen and oxygen atoms in total. The molecule has 0 fully saturated rings. The van der Waals surface area contributed by atoms with Crippen molar-refractivity contribution in [1.29, 1.82) is 0 Å². The Kier molecular flexibility index (Phi) is 3.25. The molecule has 3 rings (SSSR count). The minimum Gasteiger partial charge on any atom is -0.494 e. The van der Waals surface area contributed by atoms with Gasteiger partial charge in [-0.15, -0.1) is 10.2 Å². The Labute approximate surface area is 115 Å². The lowest BCUT2D eigenvalue weighted by Crippen LogP contribution is -2.21. The molecule has 6 heteroatoms. The summed E-state index contributed by atoms with van der Waals surface area (Å²) in [6.07, 6.45) is 1.63. The average Bonchev–Trinajstić information content (AvgIpc) is 2.86. The number of benzene rings is 1. The van der Waals surface area contributed by atoms with E-state index in [-0.39, 0.29) is 5.25 Å². The van der Waals surface area contributed by atoms with E-state index in [0.29, 0.717) is 6.61 Å². The summed E-state index contributed by atoms with van der Waals surface area (Å²) in [6.45, 7) is 4.78. The van der Waals surface area contributed by atoms with Crippen LogP contribution in [-0.2, 0) is 0 Å². The van der Waals surface area contributed by atoms with Gasteiger partial charge in [-0.2, -0.15) is 9.78 Å². The van der Waals surface area contributed by atoms with Gasteiger partial charge in [-0.3, -0.25) is 0 Å². The van der Waals surface area contributed by atoms with Gasteiger partial charge in [-0.25, -0.2) is 0 Å². The van der Waals surface area contributed by atoms with E-state index in [9.17, 15) is 0 Å². The van der Waals surface area contributed by atoms with E-state index in [1.807, 2.05) is 31.2 Å². The standard InChI is InChI=1S/C13H14N4OS/c1-3-18-11-6-4-10(5-7-11)12-9(2)19-13-15-14-8-17(13)16-12/h4-9H,3H2,1-2H3. The fraction of sp³-hybridized carbons (Fsp3) is 0.308. The molecule has 2 aromatic rings. The normalized spacial score (nSPS) is 17.8. The van der Waals surface area contributed by atoms with Gasteiger partial charge >= 0.3 is 0 Å². The molecule has 0 amide bonds. The fourth-order valence-corrected chi connectivity index (χ4v) is 2.86. The van der Waals surface area contributed by atoms with Crippen LogP contribution in [-0.4, -0.2) is 32.4 Å². The van der Waals surface area contributed by atoms with Gasteiger partial charge in [0.15, 0.2) is 0 Å². The number of hydrogen-bond acceptors (Lipinski definition) is 5. The minimum absolute atomic E-state index is 0.259. The van der Waals surface area contributed by atoms with Crippen molar-refractivity contribution < 1.29 is 4.74 Å². The Bertz CT molecular complexity index is 605. The Morgan fingerprint density at radius 2 is 2.11 bits per heavy atom. The number of hydrogen-bond donors (Lipinski definition) is 0. The first-order chi connectivity index (χ1) is 9.28. The minimum atomic E-state index is 0.259. The zero-order valence-corrected chi connectivity index (χ0v) is 11.6. The van der Waals surface area contributed by atoms with Gasteiger partial charge in [0, 0.05) is 0 Å². The van der Waals surface area contributed by atoms with Crippen LogP contribution in [0.25, 0.3) is 0 Å². The van der Waals surface area contributed by atoms with Crippen molar-refractivity contribution in [2.24, 2.45) is 5.10 Å². The molecule has 98 valence electrons. The summed E-state index contributed by atoms with van der Waals surface area (Å²) in [5, 5.41) is 13.6. The van der Waals surface area contributed by atoms with Crippen molar-refractivity contribution in [3.63, 3.8) is 0 Å². The van der Waals surface area contributed by atoms with E-state index < -0.39 is 0 Å². The van der Waals surface area contributed by atoms with Crippen LogP contribution in [0, 0.1) is 0 Å². The van der Waals surface area contributed by atoms with Crippen molar-refractivity contribution in [3.8, 4) is 5.75 Å². The summed E-state index contributed by atoms with van der Waals surface area (Å²) in [7, 11) is 0. The summed E-state index contributed by atoms with van der Waals surface area (Å²) in [6, 6.07) is 8.02. The topological polar surface area (TPSA) is 52.3 Å². The van der Waals surface area contributed by atoms with E-state index >= 15 is 0 Å². The maximum absolute atomic E-state index is 5.45. The molecule has 1 unspecified atom stereocenters. The van der Waals surface area contributed by atoms with E-state index in [0.717, 1.165) is 22.2 Å². The molecule has 0 N–H and O–H groups in total. The van der Waals surface area contributed by atoms with Crippen LogP contribution in [0.1, 0.15) is 19.4 Å². The second-order valence-corrected chi connectivity index (χ2v) is 5.47. The van der Waals surface area contributed by atoms with Crippen molar-refractivity contribution >= 4 is 17.5 Å². The van der Waals surface area contributed by atoms with Crippen LogP contribution in [0.5, 0.6) is 5.75 Å². The van der Waals surface area contributed by atoms with E-state index in [1.165, 1.54) is 0 Å². The molecular weight excluding hydrogens is 260 g/mol. The Morgan fingerprint density at radius 3 is 2.84 bits per heavy atom. The molecule has 0 radical (unpaired) electrons. The predicted octanol–water partition coefficient (Wildman–Crippen LogP) is 2.42. The number of thioether (sulfide) groups is 1. The molecule has 0 spiro atoms. The summed E-state index contributed by atoms with van der Waals surface area (Å²) in [5.74, 6) is 0.882. The van der Waals surface area contributed by atoms with Gasteiger partial charge in [0.1, 0.15) is 12.1 Å². The molecule has 1 aliphatic heterocycles. The maximum atomic E-state index is 5.45. The predicted molar refractivity (Wildman–Crippen MR) is 74.9 cm³/mol. The zero-order valence-electron chi connectivity index (χ0n) is 10.8. The molecule has 1 aliphatic rings. The van der Waals surface area contributed by atoms with Crippen molar-refractivity contribution in [3.05, 3.63) is 36.2 Å². The number of rotatable bonds is 3. The summed E-state index contributed by atoms with van der Waals surface area (Å²) < 4.78 is 7.17. The highest BCUT2D eigenvalue weighted by molar-refractivity contribution is 8.00. The first kappa shape index (κ1) is 12.2. The van der Waals surface area contributed by atoms with Gasteiger partial charge in [-0.05, 0) is 43.7 Å². The average molecular weight is 274 g/mol. The van der Waals surface area contributed by atoms with Crippen LogP contribution in [0.15, 0.2) is 40.9 Å². The fourth-order valence-electron chi connectivity index (χ4n) is 1.96. The molecule has 1 atom stereocenters. The number of aromatic nitrogens is 3. The van der Waals surface area contributed by atoms with Gasteiger partial charge < -0.3 is 4.74 Å². The number of nitrogens with zero attached hydrogens (tertiary/aromatic N) is 4. The first-order valence-corrected chi connectivity index (χ1v) is 7.04. The molecule has 2 heterocycles. The molecule has 0 saturated carbocycles. The maximum Gasteiger partial charge on any atom is 0.212 e. The van der Waals surface area contributed by atoms with Crippen molar-refractivity contribution in [2.75, 3.05) is 6.61 Å². The molecule has 0 saturated heterocycles. The summed E-state index contributed by atoms with van der Waals surface area (Å²) in [5.41, 5.74) is 2.13. The smallest absolute Gasteiger partial charge is 0.212 e. The van der Waals surface area contributed by atoms with Crippen LogP contribution in [0.3, 0.4) is 0 Å². The first-order valence-electron chi connectivity index (χ1n) is 6.16. The van der Waals surface area contributed by atoms with Crippen LogP contribution in [0.2, 0.25) is 0 Å². The van der Waals surface area contributed by atoms with Crippen LogP contribution >= 0.6 is 11.8 Å². The molecule has 0 aliphatic carbocycles. The largest absolute Gasteiger partial charge is 0.494 e. The molecule has 19 heavy (non-hydrogen) atoms. The van der Waals surface area contributed by atoms with E-state index in [1.54, 1.807) is 22.8 Å². The lowest BCUT2D eigenvalue weighted by Gasteiger charge is -2.19. The summed E-state index contributed by atoms with van der Waals surface area (Å²) in [4.78, 5) is 0. The van der Waals surface area contributed by atoms with E-state index in [2.05, 4.69) is 22.2 Å². The molecule has 0 bridgehead atoms. The van der Waals surface area contributed by atoms with Crippen LogP contribution < -0.4 is 4.74 Å². The summed E-state index contributed by atoms with van der Waals surface area (Å²) >= 11 is 1.66. The SMILES string of the molecule is CCOc1ccc(C2=Nn3cnnc3SC2C)cc1.